The Kier molecular flexibility index (Phi) is 8.57. The maximum Gasteiger partial charge on any atom is 0.222 e. The summed E-state index contributed by atoms with van der Waals surface area (Å²) in [6.45, 7) is 3.28. The van der Waals surface area contributed by atoms with Gasteiger partial charge in [-0.3, -0.25) is 4.79 Å². The molecule has 0 aromatic rings. The molecule has 0 heterocycles. The van der Waals surface area contributed by atoms with Crippen LogP contribution in [-0.2, 0) is 9.53 Å². The second-order valence-corrected chi connectivity index (χ2v) is 3.35. The molecule has 4 heteroatoms. The second kappa shape index (κ2) is 8.97. The van der Waals surface area contributed by atoms with Crippen molar-refractivity contribution < 1.29 is 9.53 Å². The van der Waals surface area contributed by atoms with Crippen molar-refractivity contribution in [2.75, 3.05) is 20.2 Å². The minimum atomic E-state index is -0.152. The molecule has 0 rings (SSSR count). The number of hydrogen-bond acceptors (Lipinski definition) is 3. The SMILES string of the molecule is CCCCCNC(=O)CC(CN)OC. The zero-order chi connectivity index (χ0) is 10.8. The number of rotatable bonds is 8. The van der Waals surface area contributed by atoms with Crippen LogP contribution in [0.5, 0.6) is 0 Å². The van der Waals surface area contributed by atoms with Crippen molar-refractivity contribution in [1.82, 2.24) is 5.32 Å². The van der Waals surface area contributed by atoms with Crippen molar-refractivity contribution in [3.63, 3.8) is 0 Å². The molecule has 0 saturated carbocycles. The first-order valence-corrected chi connectivity index (χ1v) is 5.24. The van der Waals surface area contributed by atoms with Gasteiger partial charge in [0.15, 0.2) is 0 Å². The summed E-state index contributed by atoms with van der Waals surface area (Å²) in [5.41, 5.74) is 5.40. The second-order valence-electron chi connectivity index (χ2n) is 3.35. The summed E-state index contributed by atoms with van der Waals surface area (Å²) >= 11 is 0. The minimum Gasteiger partial charge on any atom is -0.380 e. The summed E-state index contributed by atoms with van der Waals surface area (Å²) in [6, 6.07) is 0. The van der Waals surface area contributed by atoms with Crippen molar-refractivity contribution in [2.24, 2.45) is 5.73 Å². The molecule has 1 unspecified atom stereocenters. The van der Waals surface area contributed by atoms with E-state index >= 15 is 0 Å². The van der Waals surface area contributed by atoms with Crippen LogP contribution in [0.3, 0.4) is 0 Å². The summed E-state index contributed by atoms with van der Waals surface area (Å²) in [7, 11) is 1.57. The molecule has 3 N–H and O–H groups in total. The lowest BCUT2D eigenvalue weighted by atomic mass is 10.2. The molecule has 1 amide bonds. The molecule has 0 bridgehead atoms. The highest BCUT2D eigenvalue weighted by Gasteiger charge is 2.10. The lowest BCUT2D eigenvalue weighted by Gasteiger charge is -2.12. The predicted molar refractivity (Wildman–Crippen MR) is 57.0 cm³/mol. The van der Waals surface area contributed by atoms with Crippen molar-refractivity contribution in [3.8, 4) is 0 Å². The average Bonchev–Trinajstić information content (AvgIpc) is 2.21. The van der Waals surface area contributed by atoms with E-state index in [2.05, 4.69) is 12.2 Å². The zero-order valence-electron chi connectivity index (χ0n) is 9.21. The Balaban J connectivity index is 3.44. The first kappa shape index (κ1) is 13.4. The van der Waals surface area contributed by atoms with E-state index in [1.54, 1.807) is 7.11 Å². The molecule has 1 atom stereocenters. The van der Waals surface area contributed by atoms with E-state index in [4.69, 9.17) is 10.5 Å². The van der Waals surface area contributed by atoms with Gasteiger partial charge in [0, 0.05) is 20.2 Å². The van der Waals surface area contributed by atoms with E-state index < -0.39 is 0 Å². The Morgan fingerprint density at radius 3 is 2.71 bits per heavy atom. The fraction of sp³-hybridized carbons (Fsp3) is 0.900. The van der Waals surface area contributed by atoms with Crippen molar-refractivity contribution in [1.29, 1.82) is 0 Å². The molecule has 84 valence electrons. The Morgan fingerprint density at radius 2 is 2.21 bits per heavy atom. The van der Waals surface area contributed by atoms with E-state index in [1.165, 1.54) is 6.42 Å². The highest BCUT2D eigenvalue weighted by Crippen LogP contribution is 1.95. The number of carbonyl (C=O) groups excluding carboxylic acids is 1. The van der Waals surface area contributed by atoms with Crippen molar-refractivity contribution in [3.05, 3.63) is 0 Å². The van der Waals surface area contributed by atoms with Gasteiger partial charge in [-0.05, 0) is 6.42 Å². The number of nitrogens with two attached hydrogens (primary N) is 1. The molecule has 0 aromatic carbocycles. The number of ether oxygens (including phenoxy) is 1. The highest BCUT2D eigenvalue weighted by atomic mass is 16.5. The molecule has 0 radical (unpaired) electrons. The minimum absolute atomic E-state index is 0.0263. The lowest BCUT2D eigenvalue weighted by Crippen LogP contribution is -2.32. The molecule has 0 aliphatic carbocycles. The Hall–Kier alpha value is -0.610. The predicted octanol–water partition coefficient (Wildman–Crippen LogP) is 0.657. The summed E-state index contributed by atoms with van der Waals surface area (Å²) in [6.07, 6.45) is 3.58. The van der Waals surface area contributed by atoms with Gasteiger partial charge in [-0.25, -0.2) is 0 Å². The number of nitrogens with one attached hydrogen (secondary N) is 1. The summed E-state index contributed by atoms with van der Waals surface area (Å²) in [5, 5.41) is 2.84. The molecule has 0 fully saturated rings. The third-order valence-electron chi connectivity index (χ3n) is 2.11. The van der Waals surface area contributed by atoms with Crippen LogP contribution in [0, 0.1) is 0 Å². The summed E-state index contributed by atoms with van der Waals surface area (Å²) in [5.74, 6) is 0.0263. The van der Waals surface area contributed by atoms with Gasteiger partial charge in [-0.15, -0.1) is 0 Å². The first-order valence-electron chi connectivity index (χ1n) is 5.24. The third-order valence-corrected chi connectivity index (χ3v) is 2.11. The average molecular weight is 202 g/mol. The molecule has 0 aliphatic rings. The van der Waals surface area contributed by atoms with Crippen LogP contribution in [0.25, 0.3) is 0 Å². The number of methoxy groups -OCH3 is 1. The Morgan fingerprint density at radius 1 is 1.50 bits per heavy atom. The van der Waals surface area contributed by atoms with E-state index in [-0.39, 0.29) is 12.0 Å². The number of carbonyl (C=O) groups is 1. The fourth-order valence-corrected chi connectivity index (χ4v) is 1.14. The largest absolute Gasteiger partial charge is 0.380 e. The van der Waals surface area contributed by atoms with Gasteiger partial charge in [0.25, 0.3) is 0 Å². The van der Waals surface area contributed by atoms with Crippen LogP contribution >= 0.6 is 0 Å². The quantitative estimate of drug-likeness (QED) is 0.568. The normalized spacial score (nSPS) is 12.5. The molecule has 0 saturated heterocycles. The standard InChI is InChI=1S/C10H22N2O2/c1-3-4-5-6-12-10(13)7-9(8-11)14-2/h9H,3-8,11H2,1-2H3,(H,12,13). The van der Waals surface area contributed by atoms with Gasteiger partial charge in [0.05, 0.1) is 12.5 Å². The van der Waals surface area contributed by atoms with Gasteiger partial charge in [-0.2, -0.15) is 0 Å². The topological polar surface area (TPSA) is 64.4 Å². The van der Waals surface area contributed by atoms with E-state index in [0.29, 0.717) is 13.0 Å². The van der Waals surface area contributed by atoms with Crippen LogP contribution in [0.2, 0.25) is 0 Å². The van der Waals surface area contributed by atoms with Crippen LogP contribution in [-0.4, -0.2) is 32.2 Å². The first-order chi connectivity index (χ1) is 6.74. The molecular weight excluding hydrogens is 180 g/mol. The maximum atomic E-state index is 11.3. The van der Waals surface area contributed by atoms with Gasteiger partial charge >= 0.3 is 0 Å². The van der Waals surface area contributed by atoms with Gasteiger partial charge in [0.2, 0.25) is 5.91 Å². The Labute approximate surface area is 86.2 Å². The van der Waals surface area contributed by atoms with Gasteiger partial charge < -0.3 is 15.8 Å². The van der Waals surface area contributed by atoms with Crippen LogP contribution < -0.4 is 11.1 Å². The van der Waals surface area contributed by atoms with E-state index in [0.717, 1.165) is 19.4 Å². The summed E-state index contributed by atoms with van der Waals surface area (Å²) in [4.78, 5) is 11.3. The number of amides is 1. The van der Waals surface area contributed by atoms with Gasteiger partial charge in [-0.1, -0.05) is 19.8 Å². The van der Waals surface area contributed by atoms with E-state index in [9.17, 15) is 4.79 Å². The van der Waals surface area contributed by atoms with Crippen molar-refractivity contribution in [2.45, 2.75) is 38.7 Å². The molecule has 0 aromatic heterocycles. The molecule has 4 nitrogen and oxygen atoms in total. The monoisotopic (exact) mass is 202 g/mol. The number of unbranched alkanes of at least 4 members (excludes halogenated alkanes) is 2. The zero-order valence-corrected chi connectivity index (χ0v) is 9.21. The van der Waals surface area contributed by atoms with Crippen LogP contribution in [0.4, 0.5) is 0 Å². The fourth-order valence-electron chi connectivity index (χ4n) is 1.14. The molecule has 0 aliphatic heterocycles. The molecule has 0 spiro atoms. The lowest BCUT2D eigenvalue weighted by molar-refractivity contribution is -0.123. The highest BCUT2D eigenvalue weighted by molar-refractivity contribution is 5.76. The summed E-state index contributed by atoms with van der Waals surface area (Å²) < 4.78 is 5.01. The number of hydrogen-bond donors (Lipinski definition) is 2. The van der Waals surface area contributed by atoms with Crippen LogP contribution in [0.15, 0.2) is 0 Å². The smallest absolute Gasteiger partial charge is 0.222 e. The Bertz CT molecular complexity index is 147. The van der Waals surface area contributed by atoms with Crippen molar-refractivity contribution >= 4 is 5.91 Å². The molecular formula is C10H22N2O2. The van der Waals surface area contributed by atoms with E-state index in [1.807, 2.05) is 0 Å². The van der Waals surface area contributed by atoms with Crippen LogP contribution in [0.1, 0.15) is 32.6 Å². The maximum absolute atomic E-state index is 11.3. The third kappa shape index (κ3) is 6.86. The molecule has 14 heavy (non-hydrogen) atoms. The van der Waals surface area contributed by atoms with Gasteiger partial charge in [0.1, 0.15) is 0 Å².